The summed E-state index contributed by atoms with van der Waals surface area (Å²) in [6, 6.07) is 15.1. The summed E-state index contributed by atoms with van der Waals surface area (Å²) in [5.41, 5.74) is 2.20. The van der Waals surface area contributed by atoms with E-state index in [1.54, 1.807) is 7.11 Å². The molecule has 150 valence electrons. The smallest absolute Gasteiger partial charge is 0.258 e. The molecule has 0 fully saturated rings. The van der Waals surface area contributed by atoms with E-state index in [2.05, 4.69) is 31.4 Å². The van der Waals surface area contributed by atoms with E-state index in [-0.39, 0.29) is 30.4 Å². The highest BCUT2D eigenvalue weighted by atomic mass is 16.5. The third kappa shape index (κ3) is 6.95. The van der Waals surface area contributed by atoms with Crippen molar-refractivity contribution >= 4 is 11.8 Å². The van der Waals surface area contributed by atoms with Gasteiger partial charge in [0.2, 0.25) is 5.91 Å². The van der Waals surface area contributed by atoms with E-state index in [4.69, 9.17) is 9.47 Å². The topological polar surface area (TPSA) is 76.7 Å². The minimum atomic E-state index is -0.348. The van der Waals surface area contributed by atoms with Crippen LogP contribution in [-0.4, -0.2) is 32.1 Å². The molecule has 0 atom stereocenters. The molecular formula is C22H28N2O4. The Bertz CT molecular complexity index is 778. The molecule has 0 saturated carbocycles. The number of carbonyl (C=O) groups is 2. The molecule has 28 heavy (non-hydrogen) atoms. The van der Waals surface area contributed by atoms with Crippen molar-refractivity contribution in [3.05, 3.63) is 59.7 Å². The number of ether oxygens (including phenoxy) is 2. The first-order chi connectivity index (χ1) is 13.3. The number of amides is 2. The standard InChI is InChI=1S/C22H28N2O4/c1-22(2,3)17-7-11-19(12-8-17)28-15-21(26)24-14-20(25)23-13-16-5-9-18(27-4)10-6-16/h5-12H,13-15H2,1-4H3,(H,23,25)(H,24,26). The number of hydrogen-bond acceptors (Lipinski definition) is 4. The van der Waals surface area contributed by atoms with E-state index in [1.165, 1.54) is 5.56 Å². The Morgan fingerprint density at radius 1 is 0.857 bits per heavy atom. The highest BCUT2D eigenvalue weighted by molar-refractivity contribution is 5.85. The molecule has 0 heterocycles. The van der Waals surface area contributed by atoms with Crippen molar-refractivity contribution < 1.29 is 19.1 Å². The third-order valence-corrected chi connectivity index (χ3v) is 4.19. The fourth-order valence-corrected chi connectivity index (χ4v) is 2.44. The Balaban J connectivity index is 1.67. The first kappa shape index (κ1) is 21.3. The maximum Gasteiger partial charge on any atom is 0.258 e. The molecular weight excluding hydrogens is 356 g/mol. The van der Waals surface area contributed by atoms with E-state index in [0.717, 1.165) is 11.3 Å². The lowest BCUT2D eigenvalue weighted by atomic mass is 9.87. The largest absolute Gasteiger partial charge is 0.497 e. The maximum atomic E-state index is 11.9. The lowest BCUT2D eigenvalue weighted by molar-refractivity contribution is -0.127. The van der Waals surface area contributed by atoms with Crippen LogP contribution in [-0.2, 0) is 21.5 Å². The zero-order chi connectivity index (χ0) is 20.6. The van der Waals surface area contributed by atoms with Crippen LogP contribution in [0.2, 0.25) is 0 Å². The van der Waals surface area contributed by atoms with Crippen LogP contribution in [0, 0.1) is 0 Å². The zero-order valence-electron chi connectivity index (χ0n) is 16.9. The monoisotopic (exact) mass is 384 g/mol. The normalized spacial score (nSPS) is 10.9. The molecule has 6 nitrogen and oxygen atoms in total. The van der Waals surface area contributed by atoms with Gasteiger partial charge < -0.3 is 20.1 Å². The van der Waals surface area contributed by atoms with Crippen LogP contribution >= 0.6 is 0 Å². The second-order valence-corrected chi connectivity index (χ2v) is 7.46. The van der Waals surface area contributed by atoms with Gasteiger partial charge in [-0.2, -0.15) is 0 Å². The molecule has 0 unspecified atom stereocenters. The van der Waals surface area contributed by atoms with Crippen molar-refractivity contribution in [1.29, 1.82) is 0 Å². The second-order valence-electron chi connectivity index (χ2n) is 7.46. The summed E-state index contributed by atoms with van der Waals surface area (Å²) in [7, 11) is 1.60. The molecule has 0 aliphatic rings. The van der Waals surface area contributed by atoms with Gasteiger partial charge in [-0.25, -0.2) is 0 Å². The number of nitrogens with one attached hydrogen (secondary N) is 2. The molecule has 0 radical (unpaired) electrons. The maximum absolute atomic E-state index is 11.9. The quantitative estimate of drug-likeness (QED) is 0.734. The first-order valence-corrected chi connectivity index (χ1v) is 9.17. The Morgan fingerprint density at radius 3 is 2.04 bits per heavy atom. The van der Waals surface area contributed by atoms with Crippen LogP contribution in [0.5, 0.6) is 11.5 Å². The summed E-state index contributed by atoms with van der Waals surface area (Å²) >= 11 is 0. The van der Waals surface area contributed by atoms with Crippen LogP contribution in [0.15, 0.2) is 48.5 Å². The molecule has 0 saturated heterocycles. The molecule has 0 bridgehead atoms. The average Bonchev–Trinajstić information content (AvgIpc) is 2.69. The Hall–Kier alpha value is -3.02. The van der Waals surface area contributed by atoms with Crippen molar-refractivity contribution in [3.8, 4) is 11.5 Å². The SMILES string of the molecule is COc1ccc(CNC(=O)CNC(=O)COc2ccc(C(C)(C)C)cc2)cc1. The van der Waals surface area contributed by atoms with Crippen molar-refractivity contribution in [2.75, 3.05) is 20.3 Å². The lowest BCUT2D eigenvalue weighted by Gasteiger charge is -2.19. The number of rotatable bonds is 8. The average molecular weight is 384 g/mol. The van der Waals surface area contributed by atoms with E-state index in [0.29, 0.717) is 12.3 Å². The van der Waals surface area contributed by atoms with Gasteiger partial charge in [-0.05, 0) is 40.8 Å². The molecule has 2 amide bonds. The van der Waals surface area contributed by atoms with Crippen LogP contribution in [0.1, 0.15) is 31.9 Å². The van der Waals surface area contributed by atoms with Gasteiger partial charge in [-0.15, -0.1) is 0 Å². The molecule has 2 aromatic rings. The van der Waals surface area contributed by atoms with Gasteiger partial charge in [0.05, 0.1) is 13.7 Å². The number of benzene rings is 2. The van der Waals surface area contributed by atoms with Gasteiger partial charge in [0.1, 0.15) is 11.5 Å². The lowest BCUT2D eigenvalue weighted by Crippen LogP contribution is -2.38. The summed E-state index contributed by atoms with van der Waals surface area (Å²) < 4.78 is 10.6. The van der Waals surface area contributed by atoms with Gasteiger partial charge in [-0.3, -0.25) is 9.59 Å². The zero-order valence-corrected chi connectivity index (χ0v) is 16.9. The Morgan fingerprint density at radius 2 is 1.46 bits per heavy atom. The number of methoxy groups -OCH3 is 1. The molecule has 2 rings (SSSR count). The number of carbonyl (C=O) groups excluding carboxylic acids is 2. The van der Waals surface area contributed by atoms with E-state index >= 15 is 0 Å². The minimum absolute atomic E-state index is 0.0646. The van der Waals surface area contributed by atoms with Crippen molar-refractivity contribution in [2.24, 2.45) is 0 Å². The van der Waals surface area contributed by atoms with Crippen LogP contribution in [0.3, 0.4) is 0 Å². The summed E-state index contributed by atoms with van der Waals surface area (Å²) in [5, 5.41) is 5.30. The van der Waals surface area contributed by atoms with Crippen LogP contribution in [0.25, 0.3) is 0 Å². The summed E-state index contributed by atoms with van der Waals surface area (Å²) in [6.07, 6.45) is 0. The summed E-state index contributed by atoms with van der Waals surface area (Å²) in [6.45, 7) is 6.55. The third-order valence-electron chi connectivity index (χ3n) is 4.19. The predicted octanol–water partition coefficient (Wildman–Crippen LogP) is 2.80. The Labute approximate surface area is 166 Å². The molecule has 0 aliphatic heterocycles. The first-order valence-electron chi connectivity index (χ1n) is 9.17. The predicted molar refractivity (Wildman–Crippen MR) is 108 cm³/mol. The van der Waals surface area contributed by atoms with Crippen LogP contribution < -0.4 is 20.1 Å². The van der Waals surface area contributed by atoms with Gasteiger partial charge in [-0.1, -0.05) is 45.0 Å². The van der Waals surface area contributed by atoms with Gasteiger partial charge in [0.15, 0.2) is 6.61 Å². The molecule has 2 N–H and O–H groups in total. The Kier molecular flexibility index (Phi) is 7.44. The van der Waals surface area contributed by atoms with Crippen LogP contribution in [0.4, 0.5) is 0 Å². The van der Waals surface area contributed by atoms with Gasteiger partial charge in [0, 0.05) is 6.54 Å². The number of hydrogen-bond donors (Lipinski definition) is 2. The minimum Gasteiger partial charge on any atom is -0.497 e. The van der Waals surface area contributed by atoms with Crippen molar-refractivity contribution in [2.45, 2.75) is 32.7 Å². The van der Waals surface area contributed by atoms with Gasteiger partial charge >= 0.3 is 0 Å². The highest BCUT2D eigenvalue weighted by Gasteiger charge is 2.13. The highest BCUT2D eigenvalue weighted by Crippen LogP contribution is 2.24. The van der Waals surface area contributed by atoms with E-state index in [1.807, 2.05) is 48.5 Å². The second kappa shape index (κ2) is 9.78. The summed E-state index contributed by atoms with van der Waals surface area (Å²) in [4.78, 5) is 23.7. The van der Waals surface area contributed by atoms with Crippen molar-refractivity contribution in [1.82, 2.24) is 10.6 Å². The van der Waals surface area contributed by atoms with E-state index in [9.17, 15) is 9.59 Å². The molecule has 6 heteroatoms. The molecule has 2 aromatic carbocycles. The molecule has 0 aliphatic carbocycles. The fourth-order valence-electron chi connectivity index (χ4n) is 2.44. The molecule has 0 spiro atoms. The van der Waals surface area contributed by atoms with E-state index < -0.39 is 0 Å². The van der Waals surface area contributed by atoms with Crippen molar-refractivity contribution in [3.63, 3.8) is 0 Å². The van der Waals surface area contributed by atoms with Gasteiger partial charge in [0.25, 0.3) is 5.91 Å². The summed E-state index contributed by atoms with van der Waals surface area (Å²) in [5.74, 6) is 0.765. The molecule has 0 aromatic heterocycles. The fraction of sp³-hybridized carbons (Fsp3) is 0.364.